The Morgan fingerprint density at radius 3 is 3.06 bits per heavy atom. The lowest BCUT2D eigenvalue weighted by atomic mass is 10.1. The van der Waals surface area contributed by atoms with Crippen molar-refractivity contribution in [3.8, 4) is 6.07 Å². The second-order valence-electron chi connectivity index (χ2n) is 4.28. The molecule has 1 heterocycles. The van der Waals surface area contributed by atoms with Crippen LogP contribution in [0.5, 0.6) is 0 Å². The van der Waals surface area contributed by atoms with Gasteiger partial charge in [-0.1, -0.05) is 6.07 Å². The van der Waals surface area contributed by atoms with Crippen LogP contribution in [0, 0.1) is 17.1 Å². The molecule has 96 valence electrons. The number of benzene rings is 1. The van der Waals surface area contributed by atoms with Gasteiger partial charge < -0.3 is 4.74 Å². The Balaban J connectivity index is 1.99. The van der Waals surface area contributed by atoms with Crippen LogP contribution < -0.4 is 5.32 Å². The highest BCUT2D eigenvalue weighted by molar-refractivity contribution is 9.10. The van der Waals surface area contributed by atoms with Gasteiger partial charge in [0, 0.05) is 13.2 Å². The van der Waals surface area contributed by atoms with E-state index < -0.39 is 6.04 Å². The molecule has 2 rings (SSSR count). The molecule has 0 spiro atoms. The largest absolute Gasteiger partial charge is 0.377 e. The zero-order valence-electron chi connectivity index (χ0n) is 9.83. The summed E-state index contributed by atoms with van der Waals surface area (Å²) in [6.45, 7) is 1.41. The summed E-state index contributed by atoms with van der Waals surface area (Å²) in [7, 11) is 0. The van der Waals surface area contributed by atoms with Crippen molar-refractivity contribution in [3.05, 3.63) is 34.1 Å². The summed E-state index contributed by atoms with van der Waals surface area (Å²) < 4.78 is 19.3. The molecule has 1 aliphatic heterocycles. The Morgan fingerprint density at radius 1 is 1.61 bits per heavy atom. The molecule has 0 amide bonds. The Kier molecular flexibility index (Phi) is 4.70. The second kappa shape index (κ2) is 6.28. The van der Waals surface area contributed by atoms with E-state index in [0.29, 0.717) is 16.6 Å². The molecule has 3 nitrogen and oxygen atoms in total. The first kappa shape index (κ1) is 13.5. The molecule has 1 fully saturated rings. The molecule has 0 aliphatic carbocycles. The average molecular weight is 313 g/mol. The van der Waals surface area contributed by atoms with Gasteiger partial charge in [-0.2, -0.15) is 5.26 Å². The Morgan fingerprint density at radius 2 is 2.44 bits per heavy atom. The third kappa shape index (κ3) is 3.29. The number of nitriles is 1. The lowest BCUT2D eigenvalue weighted by Gasteiger charge is -2.15. The van der Waals surface area contributed by atoms with Gasteiger partial charge in [-0.05, 0) is 46.5 Å². The summed E-state index contributed by atoms with van der Waals surface area (Å²) in [4.78, 5) is 0. The highest BCUT2D eigenvalue weighted by atomic mass is 79.9. The van der Waals surface area contributed by atoms with E-state index in [9.17, 15) is 4.39 Å². The Hall–Kier alpha value is -0.960. The summed E-state index contributed by atoms with van der Waals surface area (Å²) in [6.07, 6.45) is 2.25. The molecule has 2 unspecified atom stereocenters. The number of hydrogen-bond donors (Lipinski definition) is 1. The minimum Gasteiger partial charge on any atom is -0.377 e. The molecule has 5 heteroatoms. The number of halogens is 2. The van der Waals surface area contributed by atoms with E-state index in [-0.39, 0.29) is 11.9 Å². The van der Waals surface area contributed by atoms with Crippen molar-refractivity contribution in [2.75, 3.05) is 13.2 Å². The normalized spacial score (nSPS) is 20.6. The molecular formula is C13H14BrFN2O. The van der Waals surface area contributed by atoms with Gasteiger partial charge in [0.1, 0.15) is 11.9 Å². The predicted molar refractivity (Wildman–Crippen MR) is 69.4 cm³/mol. The maximum Gasteiger partial charge on any atom is 0.137 e. The SMILES string of the molecule is N#CC(NCC1CCCO1)c1ccc(Br)c(F)c1. The highest BCUT2D eigenvalue weighted by Gasteiger charge is 2.18. The van der Waals surface area contributed by atoms with Crippen LogP contribution >= 0.6 is 15.9 Å². The van der Waals surface area contributed by atoms with E-state index in [1.54, 1.807) is 12.1 Å². The van der Waals surface area contributed by atoms with Gasteiger partial charge in [0.2, 0.25) is 0 Å². The van der Waals surface area contributed by atoms with E-state index >= 15 is 0 Å². The van der Waals surface area contributed by atoms with Gasteiger partial charge in [-0.3, -0.25) is 5.32 Å². The molecule has 1 aromatic rings. The molecule has 0 bridgehead atoms. The van der Waals surface area contributed by atoms with Gasteiger partial charge in [0.25, 0.3) is 0 Å². The molecule has 1 N–H and O–H groups in total. The summed E-state index contributed by atoms with van der Waals surface area (Å²) >= 11 is 3.09. The molecule has 0 radical (unpaired) electrons. The first-order chi connectivity index (χ1) is 8.70. The fraction of sp³-hybridized carbons (Fsp3) is 0.462. The Labute approximate surface area is 114 Å². The third-order valence-electron chi connectivity index (χ3n) is 2.98. The van der Waals surface area contributed by atoms with Gasteiger partial charge in [0.05, 0.1) is 16.6 Å². The van der Waals surface area contributed by atoms with Crippen molar-refractivity contribution >= 4 is 15.9 Å². The van der Waals surface area contributed by atoms with E-state index in [1.165, 1.54) is 6.07 Å². The maximum absolute atomic E-state index is 13.4. The zero-order chi connectivity index (χ0) is 13.0. The first-order valence-electron chi connectivity index (χ1n) is 5.90. The topological polar surface area (TPSA) is 45.0 Å². The van der Waals surface area contributed by atoms with E-state index in [1.807, 2.05) is 0 Å². The molecule has 18 heavy (non-hydrogen) atoms. The number of nitrogens with zero attached hydrogens (tertiary/aromatic N) is 1. The van der Waals surface area contributed by atoms with Crippen LogP contribution in [0.3, 0.4) is 0 Å². The quantitative estimate of drug-likeness (QED) is 0.929. The maximum atomic E-state index is 13.4. The summed E-state index contributed by atoms with van der Waals surface area (Å²) in [5.74, 6) is -0.355. The van der Waals surface area contributed by atoms with E-state index in [2.05, 4.69) is 27.3 Å². The van der Waals surface area contributed by atoms with Crippen LogP contribution in [-0.2, 0) is 4.74 Å². The average Bonchev–Trinajstić information content (AvgIpc) is 2.87. The number of hydrogen-bond acceptors (Lipinski definition) is 3. The van der Waals surface area contributed by atoms with Gasteiger partial charge in [0.15, 0.2) is 0 Å². The van der Waals surface area contributed by atoms with Crippen molar-refractivity contribution in [2.45, 2.75) is 25.0 Å². The van der Waals surface area contributed by atoms with Crippen LogP contribution in [0.1, 0.15) is 24.4 Å². The first-order valence-corrected chi connectivity index (χ1v) is 6.69. The predicted octanol–water partition coefficient (Wildman–Crippen LogP) is 2.92. The summed E-state index contributed by atoms with van der Waals surface area (Å²) in [6, 6.07) is 6.37. The monoisotopic (exact) mass is 312 g/mol. The van der Waals surface area contributed by atoms with E-state index in [0.717, 1.165) is 19.4 Å². The molecule has 1 aliphatic rings. The third-order valence-corrected chi connectivity index (χ3v) is 3.62. The van der Waals surface area contributed by atoms with Crippen LogP contribution in [0.4, 0.5) is 4.39 Å². The van der Waals surface area contributed by atoms with Crippen molar-refractivity contribution in [1.29, 1.82) is 5.26 Å². The van der Waals surface area contributed by atoms with Crippen molar-refractivity contribution in [2.24, 2.45) is 0 Å². The van der Waals surface area contributed by atoms with Crippen molar-refractivity contribution < 1.29 is 9.13 Å². The molecule has 2 atom stereocenters. The summed E-state index contributed by atoms with van der Waals surface area (Å²) in [5, 5.41) is 12.2. The molecule has 0 aromatic heterocycles. The van der Waals surface area contributed by atoms with Crippen molar-refractivity contribution in [3.63, 3.8) is 0 Å². The van der Waals surface area contributed by atoms with Crippen molar-refractivity contribution in [1.82, 2.24) is 5.32 Å². The lowest BCUT2D eigenvalue weighted by Crippen LogP contribution is -2.29. The summed E-state index contributed by atoms with van der Waals surface area (Å²) in [5.41, 5.74) is 0.635. The minimum absolute atomic E-state index is 0.168. The highest BCUT2D eigenvalue weighted by Crippen LogP contribution is 2.21. The van der Waals surface area contributed by atoms with Crippen LogP contribution in [-0.4, -0.2) is 19.3 Å². The van der Waals surface area contributed by atoms with Crippen LogP contribution in [0.15, 0.2) is 22.7 Å². The standard InChI is InChI=1S/C13H14BrFN2O/c14-11-4-3-9(6-12(11)15)13(7-16)17-8-10-2-1-5-18-10/h3-4,6,10,13,17H,1-2,5,8H2. The molecule has 0 saturated carbocycles. The van der Waals surface area contributed by atoms with Gasteiger partial charge in [-0.25, -0.2) is 4.39 Å². The smallest absolute Gasteiger partial charge is 0.137 e. The fourth-order valence-electron chi connectivity index (χ4n) is 1.98. The zero-order valence-corrected chi connectivity index (χ0v) is 11.4. The minimum atomic E-state index is -0.503. The van der Waals surface area contributed by atoms with Crippen LogP contribution in [0.2, 0.25) is 0 Å². The molecular weight excluding hydrogens is 299 g/mol. The van der Waals surface area contributed by atoms with Crippen LogP contribution in [0.25, 0.3) is 0 Å². The number of rotatable bonds is 4. The lowest BCUT2D eigenvalue weighted by molar-refractivity contribution is 0.109. The number of ether oxygens (including phenoxy) is 1. The number of nitrogens with one attached hydrogen (secondary N) is 1. The molecule has 1 aromatic carbocycles. The van der Waals surface area contributed by atoms with E-state index in [4.69, 9.17) is 10.00 Å². The molecule has 1 saturated heterocycles. The second-order valence-corrected chi connectivity index (χ2v) is 5.13. The van der Waals surface area contributed by atoms with Gasteiger partial charge >= 0.3 is 0 Å². The Bertz CT molecular complexity index is 455. The van der Waals surface area contributed by atoms with Gasteiger partial charge in [-0.15, -0.1) is 0 Å². The fourth-order valence-corrected chi connectivity index (χ4v) is 2.23.